The summed E-state index contributed by atoms with van der Waals surface area (Å²) in [5.74, 6) is 0.852. The largest absolute Gasteiger partial charge is 0.387 e. The molecule has 5 nitrogen and oxygen atoms in total. The number of benzene rings is 4. The molecule has 8 aromatic rings. The third kappa shape index (κ3) is 5.37. The number of pyridine rings is 3. The molecule has 0 saturated heterocycles. The van der Waals surface area contributed by atoms with E-state index in [1.165, 1.54) is 22.1 Å². The number of nitrogens with one attached hydrogen (secondary N) is 1. The summed E-state index contributed by atoms with van der Waals surface area (Å²) >= 11 is 0. The molecule has 0 spiro atoms. The molecule has 1 N–H and O–H groups in total. The number of nitrogens with zero attached hydrogens (tertiary/aromatic N) is 4. The maximum absolute atomic E-state index is 5.27. The molecule has 5 heterocycles. The normalized spacial score (nSPS) is 12.1. The van der Waals surface area contributed by atoms with E-state index >= 15 is 0 Å². The van der Waals surface area contributed by atoms with Crippen molar-refractivity contribution in [3.05, 3.63) is 175 Å². The van der Waals surface area contributed by atoms with Gasteiger partial charge in [0.25, 0.3) is 0 Å². The summed E-state index contributed by atoms with van der Waals surface area (Å²) in [4.78, 5) is 15.1. The van der Waals surface area contributed by atoms with Gasteiger partial charge in [-0.3, -0.25) is 9.55 Å². The summed E-state index contributed by atoms with van der Waals surface area (Å²) < 4.78 is 2.25. The van der Waals surface area contributed by atoms with Crippen molar-refractivity contribution in [2.24, 2.45) is 0 Å². The van der Waals surface area contributed by atoms with Gasteiger partial charge in [-0.25, -0.2) is 9.97 Å². The van der Waals surface area contributed by atoms with E-state index in [0.29, 0.717) is 0 Å². The maximum Gasteiger partial charge on any atom is 0.138 e. The lowest BCUT2D eigenvalue weighted by Gasteiger charge is -2.15. The van der Waals surface area contributed by atoms with Crippen molar-refractivity contribution in [2.75, 3.05) is 0 Å². The molecule has 0 fully saturated rings. The van der Waals surface area contributed by atoms with E-state index in [2.05, 4.69) is 148 Å². The number of hydrogen-bond acceptors (Lipinski definition) is 4. The van der Waals surface area contributed by atoms with Crippen LogP contribution >= 0.6 is 0 Å². The van der Waals surface area contributed by atoms with E-state index in [1.54, 1.807) is 0 Å². The van der Waals surface area contributed by atoms with Crippen LogP contribution in [-0.4, -0.2) is 19.5 Å². The molecular weight excluding hydrogens is 599 g/mol. The molecule has 0 atom stereocenters. The summed E-state index contributed by atoms with van der Waals surface area (Å²) in [7, 11) is 0. The molecule has 0 bridgehead atoms. The second-order valence-electron chi connectivity index (χ2n) is 12.2. The Labute approximate surface area is 284 Å². The predicted octanol–water partition coefficient (Wildman–Crippen LogP) is 10.2. The van der Waals surface area contributed by atoms with Crippen molar-refractivity contribution in [3.8, 4) is 62.0 Å². The Kier molecular flexibility index (Phi) is 7.13. The molecule has 0 saturated carbocycles. The van der Waals surface area contributed by atoms with Gasteiger partial charge >= 0.3 is 0 Å². The number of hydrogen-bond donors (Lipinski definition) is 1. The molecule has 0 amide bonds. The van der Waals surface area contributed by atoms with Gasteiger partial charge in [0.1, 0.15) is 5.82 Å². The molecule has 0 radical (unpaired) electrons. The zero-order valence-electron chi connectivity index (χ0n) is 26.7. The van der Waals surface area contributed by atoms with Crippen LogP contribution in [-0.2, 0) is 6.54 Å². The van der Waals surface area contributed by atoms with Crippen molar-refractivity contribution in [1.82, 2.24) is 24.8 Å². The fourth-order valence-corrected chi connectivity index (χ4v) is 6.79. The van der Waals surface area contributed by atoms with Gasteiger partial charge in [0, 0.05) is 23.7 Å². The third-order valence-electron chi connectivity index (χ3n) is 9.12. The Morgan fingerprint density at radius 3 is 1.82 bits per heavy atom. The number of rotatable bonds is 6. The van der Waals surface area contributed by atoms with E-state index in [4.69, 9.17) is 9.97 Å². The minimum atomic E-state index is 0.781. The Balaban J connectivity index is 1.24. The van der Waals surface area contributed by atoms with Crippen LogP contribution in [0.25, 0.3) is 79.0 Å². The van der Waals surface area contributed by atoms with Crippen LogP contribution < -0.4 is 5.32 Å². The topological polar surface area (TPSA) is 55.6 Å². The highest BCUT2D eigenvalue weighted by atomic mass is 15.1. The first-order valence-electron chi connectivity index (χ1n) is 16.5. The quantitative estimate of drug-likeness (QED) is 0.199. The fourth-order valence-electron chi connectivity index (χ4n) is 6.79. The molecule has 0 unspecified atom stereocenters. The van der Waals surface area contributed by atoms with E-state index in [0.717, 1.165) is 68.6 Å². The molecule has 4 aromatic carbocycles. The van der Waals surface area contributed by atoms with Crippen LogP contribution in [0.3, 0.4) is 0 Å². The molecule has 4 aromatic heterocycles. The molecule has 1 aliphatic rings. The Bertz CT molecular complexity index is 2420. The number of para-hydroxylation sites is 1. The lowest BCUT2D eigenvalue weighted by atomic mass is 9.93. The molecule has 9 rings (SSSR count). The zero-order valence-corrected chi connectivity index (χ0v) is 26.7. The van der Waals surface area contributed by atoms with Crippen LogP contribution in [0.5, 0.6) is 0 Å². The first kappa shape index (κ1) is 28.6. The van der Waals surface area contributed by atoms with E-state index in [1.807, 2.05) is 36.7 Å². The van der Waals surface area contributed by atoms with E-state index in [-0.39, 0.29) is 0 Å². The van der Waals surface area contributed by atoms with Crippen molar-refractivity contribution >= 4 is 17.0 Å². The van der Waals surface area contributed by atoms with E-state index < -0.39 is 0 Å². The van der Waals surface area contributed by atoms with Gasteiger partial charge < -0.3 is 5.32 Å². The van der Waals surface area contributed by atoms with Crippen molar-refractivity contribution in [1.29, 1.82) is 0 Å². The standard InChI is InChI=1S/C44H31N5/c1-3-12-30(13-4-1)32-24-33(31-14-5-2-6-15-31)26-34(25-32)35-27-40(38-17-9-10-22-46-38)47-41(28-35)39-18-11-20-44(48-39)49-42-19-8-7-16-36(42)37-29-45-23-21-43(37)49/h1-28,45H,29H2. The van der Waals surface area contributed by atoms with Crippen LogP contribution in [0.4, 0.5) is 0 Å². The van der Waals surface area contributed by atoms with Gasteiger partial charge in [-0.1, -0.05) is 91.0 Å². The lowest BCUT2D eigenvalue weighted by molar-refractivity contribution is 0.852. The van der Waals surface area contributed by atoms with Crippen LogP contribution in [0.2, 0.25) is 0 Å². The molecule has 0 aliphatic carbocycles. The minimum absolute atomic E-state index is 0.781. The van der Waals surface area contributed by atoms with Crippen molar-refractivity contribution < 1.29 is 0 Å². The van der Waals surface area contributed by atoms with Gasteiger partial charge in [-0.2, -0.15) is 0 Å². The molecule has 5 heteroatoms. The Morgan fingerprint density at radius 1 is 0.490 bits per heavy atom. The number of fused-ring (bicyclic) bond motifs is 3. The average molecular weight is 630 g/mol. The van der Waals surface area contributed by atoms with Crippen molar-refractivity contribution in [3.63, 3.8) is 0 Å². The maximum atomic E-state index is 5.27. The summed E-state index contributed by atoms with van der Waals surface area (Å²) in [5, 5.41) is 4.61. The smallest absolute Gasteiger partial charge is 0.138 e. The van der Waals surface area contributed by atoms with E-state index in [9.17, 15) is 0 Å². The van der Waals surface area contributed by atoms with Crippen LogP contribution in [0.1, 0.15) is 11.3 Å². The summed E-state index contributed by atoms with van der Waals surface area (Å²) in [5.41, 5.74) is 13.5. The first-order valence-corrected chi connectivity index (χ1v) is 16.5. The van der Waals surface area contributed by atoms with Gasteiger partial charge in [0.15, 0.2) is 0 Å². The van der Waals surface area contributed by atoms with Gasteiger partial charge in [0.05, 0.1) is 34.0 Å². The lowest BCUT2D eigenvalue weighted by Crippen LogP contribution is -2.11. The monoisotopic (exact) mass is 629 g/mol. The average Bonchev–Trinajstić information content (AvgIpc) is 3.53. The highest BCUT2D eigenvalue weighted by molar-refractivity contribution is 5.90. The highest BCUT2D eigenvalue weighted by Gasteiger charge is 2.20. The molecule has 1 aliphatic heterocycles. The number of aromatic nitrogens is 4. The molecule has 49 heavy (non-hydrogen) atoms. The molecular formula is C44H31N5. The minimum Gasteiger partial charge on any atom is -0.387 e. The predicted molar refractivity (Wildman–Crippen MR) is 200 cm³/mol. The Morgan fingerprint density at radius 2 is 1.10 bits per heavy atom. The van der Waals surface area contributed by atoms with Gasteiger partial charge in [-0.15, -0.1) is 0 Å². The third-order valence-corrected chi connectivity index (χ3v) is 9.12. The first-order chi connectivity index (χ1) is 24.3. The summed E-state index contributed by atoms with van der Waals surface area (Å²) in [6.07, 6.45) is 5.96. The van der Waals surface area contributed by atoms with Gasteiger partial charge in [-0.05, 0) is 106 Å². The summed E-state index contributed by atoms with van der Waals surface area (Å²) in [6.45, 7) is 0.781. The summed E-state index contributed by atoms with van der Waals surface area (Å²) in [6, 6.07) is 52.9. The zero-order chi connectivity index (χ0) is 32.6. The fraction of sp³-hybridized carbons (Fsp3) is 0.0227. The second kappa shape index (κ2) is 12.2. The highest BCUT2D eigenvalue weighted by Crippen LogP contribution is 2.36. The van der Waals surface area contributed by atoms with Crippen LogP contribution in [0, 0.1) is 0 Å². The SMILES string of the molecule is C1=Cc2c(c3ccccc3n2-c2cccc(-c3cc(-c4cc(-c5ccccc5)cc(-c5ccccc5)c4)cc(-c4ccccn4)n3)n2)CN1. The van der Waals surface area contributed by atoms with Gasteiger partial charge in [0.2, 0.25) is 0 Å². The van der Waals surface area contributed by atoms with Crippen LogP contribution in [0.15, 0.2) is 164 Å². The second-order valence-corrected chi connectivity index (χ2v) is 12.2. The molecule has 232 valence electrons. The van der Waals surface area contributed by atoms with Crippen molar-refractivity contribution in [2.45, 2.75) is 6.54 Å². The Hall–Kier alpha value is -6.59.